The smallest absolute Gasteiger partial charge is 0.219 e. The number of rotatable bonds is 7. The fourth-order valence-corrected chi connectivity index (χ4v) is 5.46. The van der Waals surface area contributed by atoms with Crippen LogP contribution in [0.25, 0.3) is 0 Å². The van der Waals surface area contributed by atoms with Crippen LogP contribution in [-0.4, -0.2) is 36.7 Å². The monoisotopic (exact) mass is 435 g/mol. The molecule has 0 spiro atoms. The SMILES string of the molecule is CC(C)(C)S(=O)(=O)N1C[C@@H]1COC(c1ccccc1)(c1ccccc1)c1ccccc1. The van der Waals surface area contributed by atoms with Crippen LogP contribution in [-0.2, 0) is 20.4 Å². The molecule has 1 fully saturated rings. The average Bonchev–Trinajstić information content (AvgIpc) is 3.56. The summed E-state index contributed by atoms with van der Waals surface area (Å²) in [4.78, 5) is 0. The van der Waals surface area contributed by atoms with Crippen LogP contribution >= 0.6 is 0 Å². The van der Waals surface area contributed by atoms with Crippen molar-refractivity contribution in [2.24, 2.45) is 0 Å². The molecule has 4 nitrogen and oxygen atoms in total. The molecule has 5 heteroatoms. The molecule has 3 aromatic carbocycles. The summed E-state index contributed by atoms with van der Waals surface area (Å²) in [7, 11) is -3.36. The van der Waals surface area contributed by atoms with E-state index in [4.69, 9.17) is 4.74 Å². The highest BCUT2D eigenvalue weighted by molar-refractivity contribution is 7.90. The number of benzene rings is 3. The van der Waals surface area contributed by atoms with Gasteiger partial charge in [-0.2, -0.15) is 4.31 Å². The second-order valence-electron chi connectivity index (χ2n) is 8.93. The van der Waals surface area contributed by atoms with Crippen LogP contribution < -0.4 is 0 Å². The van der Waals surface area contributed by atoms with E-state index in [1.54, 1.807) is 25.1 Å². The van der Waals surface area contributed by atoms with Crippen LogP contribution in [0.1, 0.15) is 37.5 Å². The molecule has 0 aliphatic carbocycles. The largest absolute Gasteiger partial charge is 0.359 e. The van der Waals surface area contributed by atoms with Crippen LogP contribution in [0.2, 0.25) is 0 Å². The molecule has 3 aromatic rings. The third-order valence-electron chi connectivity index (χ3n) is 5.78. The van der Waals surface area contributed by atoms with Crippen LogP contribution in [0.3, 0.4) is 0 Å². The first-order valence-electron chi connectivity index (χ1n) is 10.6. The number of ether oxygens (including phenoxy) is 1. The normalized spacial score (nSPS) is 19.2. The van der Waals surface area contributed by atoms with Crippen molar-refractivity contribution in [3.05, 3.63) is 108 Å². The van der Waals surface area contributed by atoms with E-state index in [1.807, 2.05) is 54.6 Å². The third-order valence-corrected chi connectivity index (χ3v) is 8.39. The van der Waals surface area contributed by atoms with E-state index in [9.17, 15) is 8.42 Å². The summed E-state index contributed by atoms with van der Waals surface area (Å²) in [6.07, 6.45) is 0. The molecule has 0 aromatic heterocycles. The van der Waals surface area contributed by atoms with Crippen molar-refractivity contribution in [2.75, 3.05) is 13.2 Å². The minimum Gasteiger partial charge on any atom is -0.359 e. The molecule has 0 amide bonds. The summed E-state index contributed by atoms with van der Waals surface area (Å²) >= 11 is 0. The Balaban J connectivity index is 1.74. The van der Waals surface area contributed by atoms with Gasteiger partial charge in [0.2, 0.25) is 10.0 Å². The van der Waals surface area contributed by atoms with Crippen LogP contribution in [0.5, 0.6) is 0 Å². The van der Waals surface area contributed by atoms with E-state index in [2.05, 4.69) is 36.4 Å². The summed E-state index contributed by atoms with van der Waals surface area (Å²) < 4.78 is 33.1. The maximum atomic E-state index is 12.8. The van der Waals surface area contributed by atoms with Gasteiger partial charge in [0.15, 0.2) is 0 Å². The molecule has 4 rings (SSSR count). The van der Waals surface area contributed by atoms with Gasteiger partial charge in [0.1, 0.15) is 5.60 Å². The van der Waals surface area contributed by atoms with Gasteiger partial charge in [0, 0.05) is 6.54 Å². The minimum absolute atomic E-state index is 0.153. The maximum Gasteiger partial charge on any atom is 0.219 e. The molecule has 31 heavy (non-hydrogen) atoms. The van der Waals surface area contributed by atoms with Crippen molar-refractivity contribution in [2.45, 2.75) is 37.2 Å². The summed E-state index contributed by atoms with van der Waals surface area (Å²) in [5, 5.41) is 0. The molecule has 162 valence electrons. The lowest BCUT2D eigenvalue weighted by molar-refractivity contribution is 0.0119. The Labute approximate surface area is 185 Å². The second kappa shape index (κ2) is 8.23. The minimum atomic E-state index is -3.36. The Morgan fingerprint density at radius 2 is 1.16 bits per heavy atom. The lowest BCUT2D eigenvalue weighted by Crippen LogP contribution is -2.37. The molecule has 1 unspecified atom stereocenters. The van der Waals surface area contributed by atoms with E-state index >= 15 is 0 Å². The van der Waals surface area contributed by atoms with Gasteiger partial charge in [-0.1, -0.05) is 91.0 Å². The summed E-state index contributed by atoms with van der Waals surface area (Å²) in [6.45, 7) is 6.02. The zero-order valence-electron chi connectivity index (χ0n) is 18.2. The van der Waals surface area contributed by atoms with Gasteiger partial charge in [0.05, 0.1) is 17.4 Å². The Morgan fingerprint density at radius 1 is 0.774 bits per heavy atom. The zero-order valence-corrected chi connectivity index (χ0v) is 19.0. The van der Waals surface area contributed by atoms with E-state index < -0.39 is 20.4 Å². The molecule has 0 bridgehead atoms. The highest BCUT2D eigenvalue weighted by atomic mass is 32.2. The van der Waals surface area contributed by atoms with E-state index in [0.29, 0.717) is 13.2 Å². The molecule has 0 saturated carbocycles. The Bertz CT molecular complexity index is 1010. The predicted octanol–water partition coefficient (Wildman–Crippen LogP) is 4.81. The number of hydrogen-bond acceptors (Lipinski definition) is 3. The highest BCUT2D eigenvalue weighted by Crippen LogP contribution is 2.42. The van der Waals surface area contributed by atoms with Gasteiger partial charge in [-0.3, -0.25) is 0 Å². The lowest BCUT2D eigenvalue weighted by Gasteiger charge is -2.36. The topological polar surface area (TPSA) is 46.4 Å². The molecule has 0 N–H and O–H groups in total. The molecule has 1 saturated heterocycles. The first-order chi connectivity index (χ1) is 14.8. The number of sulfonamides is 1. The van der Waals surface area contributed by atoms with Gasteiger partial charge < -0.3 is 4.74 Å². The second-order valence-corrected chi connectivity index (χ2v) is 11.6. The van der Waals surface area contributed by atoms with Crippen molar-refractivity contribution < 1.29 is 13.2 Å². The first kappa shape index (κ1) is 21.8. The van der Waals surface area contributed by atoms with Crippen molar-refractivity contribution in [1.82, 2.24) is 4.31 Å². The predicted molar refractivity (Wildman–Crippen MR) is 124 cm³/mol. The van der Waals surface area contributed by atoms with E-state index in [0.717, 1.165) is 16.7 Å². The molecule has 0 radical (unpaired) electrons. The molecule has 1 heterocycles. The number of hydrogen-bond donors (Lipinski definition) is 0. The Kier molecular flexibility index (Phi) is 5.77. The highest BCUT2D eigenvalue weighted by Gasteiger charge is 2.50. The van der Waals surface area contributed by atoms with Crippen molar-refractivity contribution >= 4 is 10.0 Å². The van der Waals surface area contributed by atoms with Gasteiger partial charge in [0.25, 0.3) is 0 Å². The standard InChI is InChI=1S/C26H29NO3S/c1-25(2,3)31(28,29)27-19-24(27)20-30-26(21-13-7-4-8-14-21,22-15-9-5-10-16-22)23-17-11-6-12-18-23/h4-18,24H,19-20H2,1-3H3/t24-,27?/m1/s1. The van der Waals surface area contributed by atoms with E-state index in [-0.39, 0.29) is 6.04 Å². The maximum absolute atomic E-state index is 12.8. The fraction of sp³-hybridized carbons (Fsp3) is 0.308. The van der Waals surface area contributed by atoms with Gasteiger partial charge >= 0.3 is 0 Å². The fourth-order valence-electron chi connectivity index (χ4n) is 3.93. The van der Waals surface area contributed by atoms with Crippen molar-refractivity contribution in [3.63, 3.8) is 0 Å². The quantitative estimate of drug-likeness (QED) is 0.395. The average molecular weight is 436 g/mol. The van der Waals surface area contributed by atoms with Crippen LogP contribution in [0.4, 0.5) is 0 Å². The first-order valence-corrected chi connectivity index (χ1v) is 12.0. The van der Waals surface area contributed by atoms with Gasteiger partial charge in [-0.15, -0.1) is 0 Å². The summed E-state index contributed by atoms with van der Waals surface area (Å²) in [5.74, 6) is 0. The lowest BCUT2D eigenvalue weighted by atomic mass is 9.80. The Morgan fingerprint density at radius 3 is 1.52 bits per heavy atom. The molecule has 2 atom stereocenters. The number of nitrogens with zero attached hydrogens (tertiary/aromatic N) is 1. The zero-order chi connectivity index (χ0) is 22.1. The van der Waals surface area contributed by atoms with Crippen LogP contribution in [0.15, 0.2) is 91.0 Å². The van der Waals surface area contributed by atoms with Crippen molar-refractivity contribution in [1.29, 1.82) is 0 Å². The third kappa shape index (κ3) is 4.05. The molecular formula is C26H29NO3S. The Hall–Kier alpha value is -2.47. The van der Waals surface area contributed by atoms with Crippen LogP contribution in [0, 0.1) is 0 Å². The van der Waals surface area contributed by atoms with E-state index in [1.165, 1.54) is 0 Å². The summed E-state index contributed by atoms with van der Waals surface area (Å²) in [6, 6.07) is 30.3. The molecule has 1 aliphatic heterocycles. The molecule has 1 aliphatic rings. The molecular weight excluding hydrogens is 406 g/mol. The van der Waals surface area contributed by atoms with Gasteiger partial charge in [-0.05, 0) is 37.5 Å². The van der Waals surface area contributed by atoms with Gasteiger partial charge in [-0.25, -0.2) is 8.42 Å². The van der Waals surface area contributed by atoms with Crippen molar-refractivity contribution in [3.8, 4) is 0 Å². The summed E-state index contributed by atoms with van der Waals surface area (Å²) in [5.41, 5.74) is 2.21.